The van der Waals surface area contributed by atoms with Crippen LogP contribution in [0.4, 0.5) is 0 Å². The number of pyridine rings is 1. The summed E-state index contributed by atoms with van der Waals surface area (Å²) in [5, 5.41) is 1.07. The van der Waals surface area contributed by atoms with E-state index in [2.05, 4.69) is 28.2 Å². The fourth-order valence-electron chi connectivity index (χ4n) is 8.21. The van der Waals surface area contributed by atoms with Gasteiger partial charge in [0.15, 0.2) is 5.82 Å². The van der Waals surface area contributed by atoms with Gasteiger partial charge in [-0.1, -0.05) is 20.2 Å². The number of nitrogens with two attached hydrogens (primary N) is 1. The first-order chi connectivity index (χ1) is 21.5. The van der Waals surface area contributed by atoms with Crippen LogP contribution in [-0.2, 0) is 13.1 Å². The van der Waals surface area contributed by atoms with Crippen molar-refractivity contribution in [2.45, 2.75) is 83.9 Å². The first-order valence-electron chi connectivity index (χ1n) is 17.1. The predicted molar refractivity (Wildman–Crippen MR) is 164 cm³/mol. The van der Waals surface area contributed by atoms with E-state index < -0.39 is 6.85 Å². The molecule has 0 spiro atoms. The van der Waals surface area contributed by atoms with Gasteiger partial charge in [0.25, 0.3) is 5.91 Å². The monoisotopic (exact) mass is 569 g/mol. The number of ether oxygens (including phenoxy) is 1. The highest BCUT2D eigenvalue weighted by Crippen LogP contribution is 2.49. The first kappa shape index (κ1) is 23.1. The Labute approximate surface area is 251 Å². The van der Waals surface area contributed by atoms with Crippen molar-refractivity contribution in [3.8, 4) is 17.3 Å². The van der Waals surface area contributed by atoms with Gasteiger partial charge >= 0.3 is 0 Å². The highest BCUT2D eigenvalue weighted by Gasteiger charge is 2.47. The Kier molecular flexibility index (Phi) is 5.26. The molecule has 1 aliphatic heterocycles. The minimum Gasteiger partial charge on any atom is -0.494 e. The molecule has 3 saturated carbocycles. The van der Waals surface area contributed by atoms with E-state index in [1.54, 1.807) is 7.11 Å². The Bertz CT molecular complexity index is 1800. The molecule has 1 amide bonds. The molecule has 0 unspecified atom stereocenters. The first-order valence-corrected chi connectivity index (χ1v) is 15.6. The third kappa shape index (κ3) is 4.08. The van der Waals surface area contributed by atoms with Crippen molar-refractivity contribution in [2.75, 3.05) is 13.7 Å². The lowest BCUT2D eigenvalue weighted by atomic mass is 9.62. The molecule has 8 rings (SSSR count). The quantitative estimate of drug-likeness (QED) is 0.287. The Hall–Kier alpha value is -3.39. The number of rotatable bonds is 8. The van der Waals surface area contributed by atoms with Gasteiger partial charge in [-0.15, -0.1) is 0 Å². The average Bonchev–Trinajstić information content (AvgIpc) is 3.34. The molecular weight excluding hydrogens is 524 g/mol. The summed E-state index contributed by atoms with van der Waals surface area (Å²) in [5.74, 6) is 2.75. The van der Waals surface area contributed by atoms with Crippen molar-refractivity contribution in [3.05, 3.63) is 42.1 Å². The van der Waals surface area contributed by atoms with Crippen LogP contribution in [0, 0.1) is 23.2 Å². The average molecular weight is 570 g/mol. The molecular formula is C34H42N6O2. The van der Waals surface area contributed by atoms with Crippen LogP contribution in [0.2, 0.25) is 0 Å². The Morgan fingerprint density at radius 1 is 1.14 bits per heavy atom. The summed E-state index contributed by atoms with van der Waals surface area (Å²) < 4.78 is 34.1. The highest BCUT2D eigenvalue weighted by atomic mass is 16.5. The van der Waals surface area contributed by atoms with Gasteiger partial charge < -0.3 is 24.5 Å². The SMILES string of the molecule is [2H]C([2H])([2H])CC1(C)CC(Cn2c(-c3cc4cccnc4n3CC3CC3)nc3cc(C(=O)N4C[C@H]5CC[C@@H]4[C@@H]5N)cc(OC)c32)C1. The molecule has 1 aromatic carbocycles. The van der Waals surface area contributed by atoms with E-state index in [4.69, 9.17) is 24.6 Å². The predicted octanol–water partition coefficient (Wildman–Crippen LogP) is 5.86. The number of methoxy groups -OCH3 is 1. The number of carbonyl (C=O) groups excluding carboxylic acids is 1. The minimum absolute atomic E-state index is 0.0135. The molecule has 3 aromatic heterocycles. The maximum absolute atomic E-state index is 13.9. The van der Waals surface area contributed by atoms with Gasteiger partial charge in [0.05, 0.1) is 18.3 Å². The zero-order valence-electron chi connectivity index (χ0n) is 27.6. The smallest absolute Gasteiger partial charge is 0.254 e. The van der Waals surface area contributed by atoms with Crippen molar-refractivity contribution in [3.63, 3.8) is 0 Å². The molecule has 8 heteroatoms. The molecule has 4 aliphatic rings. The number of fused-ring (bicyclic) bond motifs is 4. The maximum Gasteiger partial charge on any atom is 0.254 e. The minimum atomic E-state index is -1.94. The number of nitrogens with zero attached hydrogens (tertiary/aromatic N) is 5. The maximum atomic E-state index is 13.9. The van der Waals surface area contributed by atoms with Gasteiger partial charge in [0.1, 0.15) is 16.9 Å². The summed E-state index contributed by atoms with van der Waals surface area (Å²) in [6, 6.07) is 10.2. The number of hydrogen-bond acceptors (Lipinski definition) is 5. The van der Waals surface area contributed by atoms with Gasteiger partial charge in [0, 0.05) is 53.0 Å². The van der Waals surface area contributed by atoms with Crippen molar-refractivity contribution in [1.29, 1.82) is 0 Å². The third-order valence-corrected chi connectivity index (χ3v) is 10.6. The molecule has 3 atom stereocenters. The molecule has 2 N–H and O–H groups in total. The van der Waals surface area contributed by atoms with Crippen LogP contribution in [0.5, 0.6) is 5.75 Å². The molecule has 4 heterocycles. The molecule has 4 aromatic rings. The van der Waals surface area contributed by atoms with Crippen molar-refractivity contribution in [1.82, 2.24) is 24.0 Å². The standard InChI is InChI=1S/C34H42N6O2/c1-4-34(2)15-21(16-34)18-40-30-25(12-24(14-28(30)42-3)33(41)39-19-23-9-10-26(39)29(23)35)37-32(40)27-13-22-6-5-11-36-31(22)38(27)17-20-7-8-20/h5-6,11-14,20-21,23,26,29H,4,7-10,15-19,35H2,1-3H3/t21?,23-,26-,29-,34?/m1/s1/i1D3. The summed E-state index contributed by atoms with van der Waals surface area (Å²) in [4.78, 5) is 25.9. The normalized spacial score (nSPS) is 30.0. The molecule has 4 fully saturated rings. The second kappa shape index (κ2) is 9.56. The van der Waals surface area contributed by atoms with Crippen LogP contribution in [0.1, 0.15) is 73.2 Å². The number of likely N-dealkylation sites (tertiary alicyclic amines) is 1. The molecule has 2 bridgehead atoms. The summed E-state index contributed by atoms with van der Waals surface area (Å²) in [7, 11) is 1.65. The fourth-order valence-corrected chi connectivity index (χ4v) is 8.21. The molecule has 42 heavy (non-hydrogen) atoms. The summed E-state index contributed by atoms with van der Waals surface area (Å²) in [6.07, 6.45) is 8.23. The molecule has 3 aliphatic carbocycles. The van der Waals surface area contributed by atoms with Crippen LogP contribution in [-0.4, -0.2) is 55.6 Å². The molecule has 220 valence electrons. The molecule has 1 saturated heterocycles. The number of amides is 1. The fraction of sp³-hybridized carbons (Fsp3) is 0.559. The van der Waals surface area contributed by atoms with Gasteiger partial charge in [-0.3, -0.25) is 4.79 Å². The van der Waals surface area contributed by atoms with E-state index in [1.165, 1.54) is 12.8 Å². The lowest BCUT2D eigenvalue weighted by Crippen LogP contribution is -2.41. The van der Waals surface area contributed by atoms with Crippen molar-refractivity contribution >= 4 is 28.0 Å². The number of aromatic nitrogens is 4. The van der Waals surface area contributed by atoms with E-state index in [9.17, 15) is 4.79 Å². The molecule has 8 nitrogen and oxygen atoms in total. The highest BCUT2D eigenvalue weighted by molar-refractivity contribution is 6.00. The van der Waals surface area contributed by atoms with E-state index in [0.29, 0.717) is 42.2 Å². The van der Waals surface area contributed by atoms with Gasteiger partial charge in [-0.25, -0.2) is 9.97 Å². The zero-order valence-corrected chi connectivity index (χ0v) is 24.6. The number of imidazole rings is 1. The Morgan fingerprint density at radius 2 is 1.98 bits per heavy atom. The summed E-state index contributed by atoms with van der Waals surface area (Å²) in [5.41, 5.74) is 10.4. The van der Waals surface area contributed by atoms with Crippen LogP contribution < -0.4 is 10.5 Å². The van der Waals surface area contributed by atoms with E-state index >= 15 is 0 Å². The number of carbonyl (C=O) groups is 1. The number of piperidine rings is 1. The Balaban J connectivity index is 1.23. The van der Waals surface area contributed by atoms with Crippen molar-refractivity contribution in [2.24, 2.45) is 28.9 Å². The number of benzene rings is 1. The lowest BCUT2D eigenvalue weighted by molar-refractivity contribution is 0.0599. The summed E-state index contributed by atoms with van der Waals surface area (Å²) >= 11 is 0. The van der Waals surface area contributed by atoms with Crippen LogP contribution in [0.3, 0.4) is 0 Å². The zero-order chi connectivity index (χ0) is 31.2. The van der Waals surface area contributed by atoms with Crippen LogP contribution in [0.15, 0.2) is 36.5 Å². The second-order valence-electron chi connectivity index (χ2n) is 13.8. The van der Waals surface area contributed by atoms with E-state index in [1.807, 2.05) is 29.3 Å². The Morgan fingerprint density at radius 3 is 2.69 bits per heavy atom. The third-order valence-electron chi connectivity index (χ3n) is 10.6. The van der Waals surface area contributed by atoms with Gasteiger partial charge in [0.2, 0.25) is 0 Å². The number of hydrogen-bond donors (Lipinski definition) is 1. The largest absolute Gasteiger partial charge is 0.494 e. The van der Waals surface area contributed by atoms with E-state index in [-0.39, 0.29) is 29.8 Å². The lowest BCUT2D eigenvalue weighted by Gasteiger charge is -2.45. The van der Waals surface area contributed by atoms with Gasteiger partial charge in [-0.05, 0) is 92.0 Å². The van der Waals surface area contributed by atoms with E-state index in [0.717, 1.165) is 65.8 Å². The van der Waals surface area contributed by atoms with Gasteiger partial charge in [-0.2, -0.15) is 0 Å². The van der Waals surface area contributed by atoms with Crippen LogP contribution in [0.25, 0.3) is 33.6 Å². The van der Waals surface area contributed by atoms with Crippen LogP contribution >= 0.6 is 0 Å². The molecule has 0 radical (unpaired) electrons. The second-order valence-corrected chi connectivity index (χ2v) is 13.8. The topological polar surface area (TPSA) is 91.2 Å². The van der Waals surface area contributed by atoms with Crippen molar-refractivity contribution < 1.29 is 13.6 Å². The summed E-state index contributed by atoms with van der Waals surface area (Å²) in [6.45, 7) is 2.44.